The molecule has 21 heavy (non-hydrogen) atoms. The summed E-state index contributed by atoms with van der Waals surface area (Å²) in [6, 6.07) is 4.10. The largest absolute Gasteiger partial charge is 0.496 e. The fourth-order valence-corrected chi connectivity index (χ4v) is 3.26. The maximum absolute atomic E-state index is 6.43. The molecule has 5 nitrogen and oxygen atoms in total. The lowest BCUT2D eigenvalue weighted by Gasteiger charge is -2.28. The molecular weight excluding hydrogens is 288 g/mol. The highest BCUT2D eigenvalue weighted by Gasteiger charge is 2.25. The second kappa shape index (κ2) is 6.03. The first kappa shape index (κ1) is 14.4. The number of aromatic nitrogens is 3. The molecule has 3 rings (SSSR count). The molecule has 0 radical (unpaired) electrons. The highest BCUT2D eigenvalue weighted by atomic mass is 35.5. The van der Waals surface area contributed by atoms with E-state index >= 15 is 0 Å². The van der Waals surface area contributed by atoms with Gasteiger partial charge in [-0.25, -0.2) is 0 Å². The summed E-state index contributed by atoms with van der Waals surface area (Å²) >= 11 is 6.43. The predicted octanol–water partition coefficient (Wildman–Crippen LogP) is 2.64. The molecule has 2 aromatic rings. The molecule has 1 aliphatic rings. The number of hydrogen-bond acceptors (Lipinski definition) is 4. The molecule has 112 valence electrons. The lowest BCUT2D eigenvalue weighted by atomic mass is 9.87. The quantitative estimate of drug-likeness (QED) is 0.943. The van der Waals surface area contributed by atoms with Gasteiger partial charge in [-0.3, -0.25) is 0 Å². The summed E-state index contributed by atoms with van der Waals surface area (Å²) in [6.45, 7) is 0.675. The predicted molar refractivity (Wildman–Crippen MR) is 81.5 cm³/mol. The molecule has 0 bridgehead atoms. The number of methoxy groups -OCH3 is 1. The number of hydrogen-bond donors (Lipinski definition) is 1. The van der Waals surface area contributed by atoms with E-state index in [4.69, 9.17) is 16.3 Å². The van der Waals surface area contributed by atoms with E-state index in [-0.39, 0.29) is 6.04 Å². The number of nitrogens with zero attached hydrogens (tertiary/aromatic N) is 3. The Hall–Kier alpha value is -1.59. The molecule has 0 aliphatic heterocycles. The Kier molecular flexibility index (Phi) is 4.12. The SMILES string of the molecule is COc1ccc(Cl)c2c1CCCC2NCc1nncn1C. The van der Waals surface area contributed by atoms with Crippen LogP contribution in [-0.4, -0.2) is 21.9 Å². The van der Waals surface area contributed by atoms with Gasteiger partial charge in [-0.05, 0) is 37.0 Å². The van der Waals surface area contributed by atoms with Crippen LogP contribution in [0.1, 0.15) is 35.8 Å². The molecule has 0 fully saturated rings. The topological polar surface area (TPSA) is 52.0 Å². The van der Waals surface area contributed by atoms with Crippen LogP contribution < -0.4 is 10.1 Å². The molecule has 1 atom stereocenters. The fourth-order valence-electron chi connectivity index (χ4n) is 2.96. The van der Waals surface area contributed by atoms with E-state index in [0.29, 0.717) is 6.54 Å². The summed E-state index contributed by atoms with van der Waals surface area (Å²) in [6.07, 6.45) is 4.92. The van der Waals surface area contributed by atoms with Crippen molar-refractivity contribution in [3.8, 4) is 5.75 Å². The Balaban J connectivity index is 1.85. The van der Waals surface area contributed by atoms with Crippen LogP contribution in [0.25, 0.3) is 0 Å². The van der Waals surface area contributed by atoms with Crippen LogP contribution in [-0.2, 0) is 20.0 Å². The zero-order chi connectivity index (χ0) is 14.8. The zero-order valence-electron chi connectivity index (χ0n) is 12.3. The molecule has 0 saturated carbocycles. The normalized spacial score (nSPS) is 17.6. The zero-order valence-corrected chi connectivity index (χ0v) is 13.0. The van der Waals surface area contributed by atoms with E-state index in [1.165, 1.54) is 11.1 Å². The van der Waals surface area contributed by atoms with Gasteiger partial charge in [-0.15, -0.1) is 10.2 Å². The summed E-state index contributed by atoms with van der Waals surface area (Å²) in [5.41, 5.74) is 2.40. The average molecular weight is 307 g/mol. The van der Waals surface area contributed by atoms with Crippen molar-refractivity contribution in [1.82, 2.24) is 20.1 Å². The minimum absolute atomic E-state index is 0.230. The van der Waals surface area contributed by atoms with Crippen LogP contribution >= 0.6 is 11.6 Å². The molecule has 1 heterocycles. The van der Waals surface area contributed by atoms with Gasteiger partial charge < -0.3 is 14.6 Å². The molecule has 1 unspecified atom stereocenters. The summed E-state index contributed by atoms with van der Waals surface area (Å²) in [4.78, 5) is 0. The molecule has 0 saturated heterocycles. The molecule has 0 spiro atoms. The molecule has 6 heteroatoms. The van der Waals surface area contributed by atoms with Crippen molar-refractivity contribution in [3.63, 3.8) is 0 Å². The third kappa shape index (κ3) is 2.76. The lowest BCUT2D eigenvalue weighted by molar-refractivity contribution is 0.394. The molecule has 1 aromatic heterocycles. The van der Waals surface area contributed by atoms with Crippen LogP contribution in [0.15, 0.2) is 18.5 Å². The highest BCUT2D eigenvalue weighted by molar-refractivity contribution is 6.31. The second-order valence-corrected chi connectivity index (χ2v) is 5.73. The molecule has 1 aliphatic carbocycles. The number of halogens is 1. The third-order valence-corrected chi connectivity index (χ3v) is 4.39. The van der Waals surface area contributed by atoms with Crippen molar-refractivity contribution in [1.29, 1.82) is 0 Å². The maximum Gasteiger partial charge on any atom is 0.146 e. The first-order valence-corrected chi connectivity index (χ1v) is 7.50. The van der Waals surface area contributed by atoms with Crippen LogP contribution in [0.4, 0.5) is 0 Å². The van der Waals surface area contributed by atoms with Gasteiger partial charge in [0.1, 0.15) is 17.9 Å². The minimum Gasteiger partial charge on any atom is -0.496 e. The van der Waals surface area contributed by atoms with Gasteiger partial charge in [0, 0.05) is 23.7 Å². The van der Waals surface area contributed by atoms with E-state index in [1.54, 1.807) is 13.4 Å². The van der Waals surface area contributed by atoms with E-state index in [2.05, 4.69) is 15.5 Å². The summed E-state index contributed by atoms with van der Waals surface area (Å²) < 4.78 is 7.39. The molecule has 1 aromatic carbocycles. The lowest BCUT2D eigenvalue weighted by Crippen LogP contribution is -2.26. The van der Waals surface area contributed by atoms with Gasteiger partial charge in [0.15, 0.2) is 0 Å². The Bertz CT molecular complexity index is 641. The van der Waals surface area contributed by atoms with E-state index in [0.717, 1.165) is 35.9 Å². The smallest absolute Gasteiger partial charge is 0.146 e. The standard InChI is InChI=1S/C15H19ClN4O/c1-20-9-18-19-14(20)8-17-12-5-3-4-10-13(21-2)7-6-11(16)15(10)12/h6-7,9,12,17H,3-5,8H2,1-2H3. The van der Waals surface area contributed by atoms with Gasteiger partial charge in [0.2, 0.25) is 0 Å². The van der Waals surface area contributed by atoms with Crippen LogP contribution in [0.5, 0.6) is 5.75 Å². The van der Waals surface area contributed by atoms with Gasteiger partial charge in [-0.1, -0.05) is 11.6 Å². The van der Waals surface area contributed by atoms with Gasteiger partial charge >= 0.3 is 0 Å². The van der Waals surface area contributed by atoms with Crippen molar-refractivity contribution in [2.75, 3.05) is 7.11 Å². The minimum atomic E-state index is 0.230. The average Bonchev–Trinajstić information content (AvgIpc) is 2.91. The Morgan fingerprint density at radius 1 is 1.48 bits per heavy atom. The van der Waals surface area contributed by atoms with Gasteiger partial charge in [0.25, 0.3) is 0 Å². The molecule has 1 N–H and O–H groups in total. The first-order valence-electron chi connectivity index (χ1n) is 7.12. The molecule has 0 amide bonds. The monoisotopic (exact) mass is 306 g/mol. The maximum atomic E-state index is 6.43. The van der Waals surface area contributed by atoms with Crippen molar-refractivity contribution < 1.29 is 4.74 Å². The van der Waals surface area contributed by atoms with Crippen LogP contribution in [0, 0.1) is 0 Å². The van der Waals surface area contributed by atoms with Crippen molar-refractivity contribution >= 4 is 11.6 Å². The third-order valence-electron chi connectivity index (χ3n) is 4.06. The van der Waals surface area contributed by atoms with Gasteiger partial charge in [0.05, 0.1) is 13.7 Å². The number of ether oxygens (including phenoxy) is 1. The number of aryl methyl sites for hydroxylation is 1. The summed E-state index contributed by atoms with van der Waals surface area (Å²) in [7, 11) is 3.65. The fraction of sp³-hybridized carbons (Fsp3) is 0.467. The van der Waals surface area contributed by atoms with Crippen molar-refractivity contribution in [2.45, 2.75) is 31.8 Å². The van der Waals surface area contributed by atoms with Crippen LogP contribution in [0.2, 0.25) is 5.02 Å². The van der Waals surface area contributed by atoms with Gasteiger partial charge in [-0.2, -0.15) is 0 Å². The van der Waals surface area contributed by atoms with E-state index in [1.807, 2.05) is 23.7 Å². The Morgan fingerprint density at radius 2 is 2.33 bits per heavy atom. The van der Waals surface area contributed by atoms with Crippen molar-refractivity contribution in [3.05, 3.63) is 40.4 Å². The summed E-state index contributed by atoms with van der Waals surface area (Å²) in [5, 5.41) is 12.4. The van der Waals surface area contributed by atoms with Crippen molar-refractivity contribution in [2.24, 2.45) is 7.05 Å². The first-order chi connectivity index (χ1) is 10.2. The van der Waals surface area contributed by atoms with Crippen LogP contribution in [0.3, 0.4) is 0 Å². The van der Waals surface area contributed by atoms with E-state index < -0.39 is 0 Å². The highest BCUT2D eigenvalue weighted by Crippen LogP contribution is 2.39. The number of nitrogens with one attached hydrogen (secondary N) is 1. The Labute approximate surface area is 129 Å². The number of benzene rings is 1. The molecular formula is C15H19ClN4O. The number of rotatable bonds is 4. The Morgan fingerprint density at radius 3 is 3.05 bits per heavy atom. The summed E-state index contributed by atoms with van der Waals surface area (Å²) in [5.74, 6) is 1.85. The van der Waals surface area contributed by atoms with E-state index in [9.17, 15) is 0 Å². The number of fused-ring (bicyclic) bond motifs is 1. The second-order valence-electron chi connectivity index (χ2n) is 5.33.